The number of aromatic nitrogens is 5. The lowest BCUT2D eigenvalue weighted by molar-refractivity contribution is 0.144. The molecule has 0 aromatic carbocycles. The van der Waals surface area contributed by atoms with Crippen LogP contribution in [-0.2, 0) is 11.3 Å². The SMILES string of the molecule is CCCON=C1CCCc2nnc(-c3cnc(-c4cccnc4)s3)nc21. The molecular weight excluding hydrogens is 348 g/mol. The second kappa shape index (κ2) is 7.65. The molecule has 26 heavy (non-hydrogen) atoms. The summed E-state index contributed by atoms with van der Waals surface area (Å²) in [5.41, 5.74) is 3.52. The highest BCUT2D eigenvalue weighted by atomic mass is 32.1. The maximum Gasteiger partial charge on any atom is 0.194 e. The van der Waals surface area contributed by atoms with Crippen LogP contribution in [0.25, 0.3) is 21.3 Å². The van der Waals surface area contributed by atoms with Crippen LogP contribution in [0.5, 0.6) is 0 Å². The average Bonchev–Trinajstić information content (AvgIpc) is 3.19. The summed E-state index contributed by atoms with van der Waals surface area (Å²) in [6.45, 7) is 2.66. The molecular formula is C18H18N6OS. The van der Waals surface area contributed by atoms with E-state index in [1.54, 1.807) is 18.6 Å². The molecule has 0 saturated carbocycles. The zero-order valence-electron chi connectivity index (χ0n) is 14.4. The fourth-order valence-corrected chi connectivity index (χ4v) is 3.53. The minimum Gasteiger partial charge on any atom is -0.396 e. The molecule has 3 heterocycles. The fraction of sp³-hybridized carbons (Fsp3) is 0.333. The monoisotopic (exact) mass is 366 g/mol. The molecule has 0 atom stereocenters. The molecule has 0 saturated heterocycles. The van der Waals surface area contributed by atoms with E-state index >= 15 is 0 Å². The maximum absolute atomic E-state index is 5.37. The number of aryl methyl sites for hydroxylation is 1. The second-order valence-electron chi connectivity index (χ2n) is 5.93. The molecule has 132 valence electrons. The van der Waals surface area contributed by atoms with Gasteiger partial charge in [-0.1, -0.05) is 12.1 Å². The minimum absolute atomic E-state index is 0.571. The number of fused-ring (bicyclic) bond motifs is 1. The van der Waals surface area contributed by atoms with Crippen molar-refractivity contribution in [2.24, 2.45) is 5.16 Å². The van der Waals surface area contributed by atoms with E-state index in [2.05, 4.69) is 32.2 Å². The Kier molecular flexibility index (Phi) is 4.92. The van der Waals surface area contributed by atoms with Gasteiger partial charge in [-0.15, -0.1) is 16.4 Å². The molecule has 0 radical (unpaired) electrons. The standard InChI is InChI=1S/C18H18N6OS/c1-2-9-25-24-14-7-3-6-13-16(14)21-17(23-22-13)15-11-20-18(26-15)12-5-4-8-19-10-12/h4-5,8,10-11H,2-3,6-7,9H2,1H3. The molecule has 3 aromatic rings. The van der Waals surface area contributed by atoms with E-state index in [0.717, 1.165) is 58.2 Å². The van der Waals surface area contributed by atoms with Gasteiger partial charge in [0.15, 0.2) is 5.82 Å². The minimum atomic E-state index is 0.571. The van der Waals surface area contributed by atoms with E-state index in [9.17, 15) is 0 Å². The number of pyridine rings is 1. The van der Waals surface area contributed by atoms with Gasteiger partial charge >= 0.3 is 0 Å². The quantitative estimate of drug-likeness (QED) is 0.507. The number of oxime groups is 1. The lowest BCUT2D eigenvalue weighted by atomic mass is 9.99. The molecule has 0 bridgehead atoms. The van der Waals surface area contributed by atoms with E-state index in [1.807, 2.05) is 12.1 Å². The van der Waals surface area contributed by atoms with Crippen molar-refractivity contribution in [3.63, 3.8) is 0 Å². The first-order valence-electron chi connectivity index (χ1n) is 8.64. The Hall–Kier alpha value is -2.74. The molecule has 8 heteroatoms. The van der Waals surface area contributed by atoms with Gasteiger partial charge in [-0.25, -0.2) is 9.97 Å². The number of rotatable bonds is 5. The number of hydrogen-bond acceptors (Lipinski definition) is 8. The number of nitrogens with zero attached hydrogens (tertiary/aromatic N) is 6. The molecule has 1 aliphatic carbocycles. The molecule has 3 aromatic heterocycles. The second-order valence-corrected chi connectivity index (χ2v) is 6.96. The predicted octanol–water partition coefficient (Wildman–Crippen LogP) is 3.52. The third kappa shape index (κ3) is 3.45. The molecule has 7 nitrogen and oxygen atoms in total. The van der Waals surface area contributed by atoms with Crippen molar-refractivity contribution in [2.45, 2.75) is 32.6 Å². The normalized spacial score (nSPS) is 15.0. The predicted molar refractivity (Wildman–Crippen MR) is 99.9 cm³/mol. The number of thiazole rings is 1. The maximum atomic E-state index is 5.37. The third-order valence-electron chi connectivity index (χ3n) is 3.96. The summed E-state index contributed by atoms with van der Waals surface area (Å²) >= 11 is 1.53. The Morgan fingerprint density at radius 2 is 2.19 bits per heavy atom. The van der Waals surface area contributed by atoms with Crippen molar-refractivity contribution < 1.29 is 4.84 Å². The van der Waals surface area contributed by atoms with E-state index < -0.39 is 0 Å². The highest BCUT2D eigenvalue weighted by Crippen LogP contribution is 2.30. The van der Waals surface area contributed by atoms with Crippen molar-refractivity contribution >= 4 is 17.0 Å². The Morgan fingerprint density at radius 1 is 1.23 bits per heavy atom. The zero-order valence-corrected chi connectivity index (χ0v) is 15.2. The Bertz CT molecular complexity index is 924. The Morgan fingerprint density at radius 3 is 3.04 bits per heavy atom. The van der Waals surface area contributed by atoms with Crippen molar-refractivity contribution in [1.29, 1.82) is 0 Å². The van der Waals surface area contributed by atoms with Gasteiger partial charge < -0.3 is 4.84 Å². The van der Waals surface area contributed by atoms with Gasteiger partial charge in [0, 0.05) is 24.2 Å². The van der Waals surface area contributed by atoms with E-state index in [0.29, 0.717) is 12.4 Å². The van der Waals surface area contributed by atoms with Crippen molar-refractivity contribution in [2.75, 3.05) is 6.61 Å². The first-order chi connectivity index (χ1) is 12.8. The average molecular weight is 366 g/mol. The first kappa shape index (κ1) is 16.7. The van der Waals surface area contributed by atoms with E-state index in [4.69, 9.17) is 9.82 Å². The molecule has 1 aliphatic rings. The first-order valence-corrected chi connectivity index (χ1v) is 9.46. The number of hydrogen-bond donors (Lipinski definition) is 0. The van der Waals surface area contributed by atoms with E-state index in [1.165, 1.54) is 11.3 Å². The topological polar surface area (TPSA) is 86.0 Å². The summed E-state index contributed by atoms with van der Waals surface area (Å²) in [7, 11) is 0. The van der Waals surface area contributed by atoms with Gasteiger partial charge in [-0.3, -0.25) is 4.98 Å². The lowest BCUT2D eigenvalue weighted by Gasteiger charge is -2.15. The van der Waals surface area contributed by atoms with Gasteiger partial charge in [0.1, 0.15) is 23.0 Å². The summed E-state index contributed by atoms with van der Waals surface area (Å²) in [5, 5.41) is 13.8. The van der Waals surface area contributed by atoms with Crippen LogP contribution in [0.1, 0.15) is 37.6 Å². The van der Waals surface area contributed by atoms with Crippen LogP contribution in [0.4, 0.5) is 0 Å². The summed E-state index contributed by atoms with van der Waals surface area (Å²) < 4.78 is 0. The van der Waals surface area contributed by atoms with Crippen LogP contribution in [0.15, 0.2) is 35.9 Å². The molecule has 0 fully saturated rings. The smallest absolute Gasteiger partial charge is 0.194 e. The fourth-order valence-electron chi connectivity index (χ4n) is 2.70. The van der Waals surface area contributed by atoms with Crippen molar-refractivity contribution in [3.8, 4) is 21.3 Å². The third-order valence-corrected chi connectivity index (χ3v) is 5.00. The zero-order chi connectivity index (χ0) is 17.8. The van der Waals surface area contributed by atoms with Crippen LogP contribution < -0.4 is 0 Å². The van der Waals surface area contributed by atoms with E-state index in [-0.39, 0.29) is 0 Å². The highest BCUT2D eigenvalue weighted by molar-refractivity contribution is 7.18. The van der Waals surface area contributed by atoms with Gasteiger partial charge in [0.25, 0.3) is 0 Å². The van der Waals surface area contributed by atoms with Gasteiger partial charge in [-0.05, 0) is 37.8 Å². The van der Waals surface area contributed by atoms with Crippen LogP contribution in [0.2, 0.25) is 0 Å². The molecule has 0 unspecified atom stereocenters. The Labute approximate surface area is 155 Å². The van der Waals surface area contributed by atoms with Crippen molar-refractivity contribution in [1.82, 2.24) is 25.1 Å². The van der Waals surface area contributed by atoms with Gasteiger partial charge in [0.2, 0.25) is 0 Å². The summed E-state index contributed by atoms with van der Waals surface area (Å²) in [6, 6.07) is 3.88. The molecule has 0 spiro atoms. The highest BCUT2D eigenvalue weighted by Gasteiger charge is 2.22. The molecule has 0 aliphatic heterocycles. The van der Waals surface area contributed by atoms with Gasteiger partial charge in [0.05, 0.1) is 10.6 Å². The lowest BCUT2D eigenvalue weighted by Crippen LogP contribution is -2.18. The summed E-state index contributed by atoms with van der Waals surface area (Å²) in [6.07, 6.45) is 8.95. The summed E-state index contributed by atoms with van der Waals surface area (Å²) in [4.78, 5) is 19.6. The summed E-state index contributed by atoms with van der Waals surface area (Å²) in [5.74, 6) is 0.571. The largest absolute Gasteiger partial charge is 0.396 e. The molecule has 4 rings (SSSR count). The van der Waals surface area contributed by atoms with Crippen molar-refractivity contribution in [3.05, 3.63) is 42.1 Å². The van der Waals surface area contributed by atoms with Crippen LogP contribution in [-0.4, -0.2) is 37.5 Å². The Balaban J connectivity index is 1.66. The van der Waals surface area contributed by atoms with Crippen LogP contribution >= 0.6 is 11.3 Å². The molecule has 0 amide bonds. The molecule has 0 N–H and O–H groups in total. The van der Waals surface area contributed by atoms with Gasteiger partial charge in [-0.2, -0.15) is 5.10 Å². The van der Waals surface area contributed by atoms with Crippen LogP contribution in [0.3, 0.4) is 0 Å². The van der Waals surface area contributed by atoms with Crippen LogP contribution in [0, 0.1) is 0 Å².